The number of halogens is 3. The van der Waals surface area contributed by atoms with Gasteiger partial charge in [-0.05, 0) is 43.3 Å². The van der Waals surface area contributed by atoms with Crippen LogP contribution >= 0.6 is 31.9 Å². The molecule has 2 nitrogen and oxygen atoms in total. The maximum absolute atomic E-state index is 13.4. The van der Waals surface area contributed by atoms with E-state index < -0.39 is 5.82 Å². The summed E-state index contributed by atoms with van der Waals surface area (Å²) in [6, 6.07) is 9.29. The lowest BCUT2D eigenvalue weighted by Gasteiger charge is -2.10. The van der Waals surface area contributed by atoms with Crippen molar-refractivity contribution in [1.82, 2.24) is 0 Å². The predicted octanol–water partition coefficient (Wildman–Crippen LogP) is 4.98. The van der Waals surface area contributed by atoms with Crippen molar-refractivity contribution in [2.45, 2.75) is 6.92 Å². The minimum atomic E-state index is -0.462. The fraction of sp³-hybridized carbons (Fsp3) is 0.133. The van der Waals surface area contributed by atoms with Gasteiger partial charge < -0.3 is 4.74 Å². The van der Waals surface area contributed by atoms with Gasteiger partial charge >= 0.3 is 0 Å². The molecule has 5 heteroatoms. The third-order valence-electron chi connectivity index (χ3n) is 2.61. The Morgan fingerprint density at radius 1 is 1.15 bits per heavy atom. The molecular formula is C15H11Br2FO2. The Balaban J connectivity index is 2.49. The average molecular weight is 402 g/mol. The van der Waals surface area contributed by atoms with Crippen LogP contribution in [0.2, 0.25) is 0 Å². The molecule has 0 aromatic heterocycles. The maximum Gasteiger partial charge on any atom is 0.196 e. The van der Waals surface area contributed by atoms with Crippen molar-refractivity contribution in [2.24, 2.45) is 0 Å². The molecule has 0 atom stereocenters. The molecular weight excluding hydrogens is 391 g/mol. The predicted molar refractivity (Wildman–Crippen MR) is 82.8 cm³/mol. The second kappa shape index (κ2) is 6.50. The van der Waals surface area contributed by atoms with E-state index in [0.29, 0.717) is 22.4 Å². The maximum atomic E-state index is 13.4. The quantitative estimate of drug-likeness (QED) is 0.675. The van der Waals surface area contributed by atoms with Crippen LogP contribution in [0.5, 0.6) is 5.75 Å². The molecule has 0 amide bonds. The van der Waals surface area contributed by atoms with E-state index in [4.69, 9.17) is 4.74 Å². The van der Waals surface area contributed by atoms with Crippen molar-refractivity contribution in [1.29, 1.82) is 0 Å². The first kappa shape index (κ1) is 15.2. The van der Waals surface area contributed by atoms with E-state index in [1.165, 1.54) is 12.1 Å². The van der Waals surface area contributed by atoms with Gasteiger partial charge in [-0.1, -0.05) is 31.9 Å². The summed E-state index contributed by atoms with van der Waals surface area (Å²) in [6.07, 6.45) is 0. The van der Waals surface area contributed by atoms with Gasteiger partial charge in [0.05, 0.1) is 12.2 Å². The van der Waals surface area contributed by atoms with Crippen molar-refractivity contribution < 1.29 is 13.9 Å². The highest BCUT2D eigenvalue weighted by atomic mass is 79.9. The lowest BCUT2D eigenvalue weighted by Crippen LogP contribution is -2.06. The number of carbonyl (C=O) groups is 1. The smallest absolute Gasteiger partial charge is 0.196 e. The van der Waals surface area contributed by atoms with Crippen molar-refractivity contribution >= 4 is 37.6 Å². The molecule has 0 unspecified atom stereocenters. The van der Waals surface area contributed by atoms with Crippen molar-refractivity contribution in [2.75, 3.05) is 6.61 Å². The molecule has 0 radical (unpaired) electrons. The molecule has 20 heavy (non-hydrogen) atoms. The minimum absolute atomic E-state index is 0.274. The molecule has 2 rings (SSSR count). The minimum Gasteiger partial charge on any atom is -0.493 e. The van der Waals surface area contributed by atoms with E-state index in [1.54, 1.807) is 24.3 Å². The summed E-state index contributed by atoms with van der Waals surface area (Å²) in [5.41, 5.74) is 0.676. The molecule has 0 heterocycles. The summed E-state index contributed by atoms with van der Waals surface area (Å²) in [5.74, 6) is -0.258. The van der Waals surface area contributed by atoms with Crippen LogP contribution in [-0.4, -0.2) is 12.4 Å². The van der Waals surface area contributed by atoms with Crippen molar-refractivity contribution in [3.63, 3.8) is 0 Å². The van der Waals surface area contributed by atoms with E-state index >= 15 is 0 Å². The largest absolute Gasteiger partial charge is 0.493 e. The summed E-state index contributed by atoms with van der Waals surface area (Å²) in [6.45, 7) is 2.30. The molecule has 0 fully saturated rings. The molecule has 0 N–H and O–H groups in total. The van der Waals surface area contributed by atoms with E-state index in [1.807, 2.05) is 6.92 Å². The van der Waals surface area contributed by atoms with Crippen LogP contribution < -0.4 is 4.74 Å². The van der Waals surface area contributed by atoms with E-state index in [-0.39, 0.29) is 11.3 Å². The molecule has 0 spiro atoms. The van der Waals surface area contributed by atoms with E-state index in [0.717, 1.165) is 4.47 Å². The highest BCUT2D eigenvalue weighted by molar-refractivity contribution is 9.10. The molecule has 2 aromatic rings. The van der Waals surface area contributed by atoms with Gasteiger partial charge in [-0.25, -0.2) is 4.39 Å². The third kappa shape index (κ3) is 3.46. The lowest BCUT2D eigenvalue weighted by atomic mass is 10.0. The summed E-state index contributed by atoms with van der Waals surface area (Å²) in [5, 5.41) is 0. The molecule has 0 saturated heterocycles. The van der Waals surface area contributed by atoms with Gasteiger partial charge in [0, 0.05) is 14.5 Å². The van der Waals surface area contributed by atoms with Crippen LogP contribution in [0.25, 0.3) is 0 Å². The van der Waals surface area contributed by atoms with Crippen LogP contribution in [0.4, 0.5) is 4.39 Å². The topological polar surface area (TPSA) is 26.3 Å². The van der Waals surface area contributed by atoms with Crippen LogP contribution in [0.15, 0.2) is 45.3 Å². The number of benzene rings is 2. The van der Waals surface area contributed by atoms with Gasteiger partial charge in [-0.2, -0.15) is 0 Å². The first-order valence-corrected chi connectivity index (χ1v) is 7.53. The zero-order valence-corrected chi connectivity index (χ0v) is 13.8. The molecule has 0 aliphatic heterocycles. The Kier molecular flexibility index (Phi) is 4.94. The number of ether oxygens (including phenoxy) is 1. The zero-order chi connectivity index (χ0) is 14.7. The summed E-state index contributed by atoms with van der Waals surface area (Å²) >= 11 is 6.51. The van der Waals surface area contributed by atoms with Gasteiger partial charge in [-0.15, -0.1) is 0 Å². The molecule has 0 aliphatic carbocycles. The number of rotatable bonds is 4. The van der Waals surface area contributed by atoms with Crippen LogP contribution in [0.3, 0.4) is 0 Å². The fourth-order valence-corrected chi connectivity index (χ4v) is 2.63. The van der Waals surface area contributed by atoms with Crippen LogP contribution in [-0.2, 0) is 0 Å². The SMILES string of the molecule is CCOc1ccc(Br)cc1C(=O)c1cc(F)cc(Br)c1. The molecule has 0 aliphatic rings. The Hall–Kier alpha value is -1.20. The highest BCUT2D eigenvalue weighted by Crippen LogP contribution is 2.27. The third-order valence-corrected chi connectivity index (χ3v) is 3.56. The fourth-order valence-electron chi connectivity index (χ4n) is 1.80. The molecule has 2 aromatic carbocycles. The number of hydrogen-bond donors (Lipinski definition) is 0. The van der Waals surface area contributed by atoms with Gasteiger partial charge in [-0.3, -0.25) is 4.79 Å². The summed E-state index contributed by atoms with van der Waals surface area (Å²) in [4.78, 5) is 12.5. The van der Waals surface area contributed by atoms with Gasteiger partial charge in [0.15, 0.2) is 5.78 Å². The lowest BCUT2D eigenvalue weighted by molar-refractivity contribution is 0.103. The average Bonchev–Trinajstić information content (AvgIpc) is 2.39. The second-order valence-electron chi connectivity index (χ2n) is 4.06. The molecule has 0 saturated carbocycles. The zero-order valence-electron chi connectivity index (χ0n) is 10.6. The summed E-state index contributed by atoms with van der Waals surface area (Å²) in [7, 11) is 0. The standard InChI is InChI=1S/C15H11Br2FO2/c1-2-20-14-4-3-10(16)8-13(14)15(19)9-5-11(17)7-12(18)6-9/h3-8H,2H2,1H3. The number of carbonyl (C=O) groups excluding carboxylic acids is 1. The molecule has 104 valence electrons. The van der Waals surface area contributed by atoms with E-state index in [2.05, 4.69) is 31.9 Å². The molecule has 0 bridgehead atoms. The monoisotopic (exact) mass is 400 g/mol. The highest BCUT2D eigenvalue weighted by Gasteiger charge is 2.16. The van der Waals surface area contributed by atoms with E-state index in [9.17, 15) is 9.18 Å². The van der Waals surface area contributed by atoms with Gasteiger partial charge in [0.1, 0.15) is 11.6 Å². The van der Waals surface area contributed by atoms with Gasteiger partial charge in [0.25, 0.3) is 0 Å². The Morgan fingerprint density at radius 2 is 1.90 bits per heavy atom. The van der Waals surface area contributed by atoms with Crippen LogP contribution in [0.1, 0.15) is 22.8 Å². The first-order valence-electron chi connectivity index (χ1n) is 5.94. The number of hydrogen-bond acceptors (Lipinski definition) is 2. The summed E-state index contributed by atoms with van der Waals surface area (Å²) < 4.78 is 20.1. The normalized spacial score (nSPS) is 10.4. The van der Waals surface area contributed by atoms with Crippen molar-refractivity contribution in [3.8, 4) is 5.75 Å². The Morgan fingerprint density at radius 3 is 2.55 bits per heavy atom. The van der Waals surface area contributed by atoms with Gasteiger partial charge in [0.2, 0.25) is 0 Å². The first-order chi connectivity index (χ1) is 9.51. The van der Waals surface area contributed by atoms with Crippen molar-refractivity contribution in [3.05, 3.63) is 62.3 Å². The second-order valence-corrected chi connectivity index (χ2v) is 5.89. The number of ketones is 1. The Labute approximate surface area is 133 Å². The van der Waals surface area contributed by atoms with Crippen LogP contribution in [0, 0.1) is 5.82 Å². The Bertz CT molecular complexity index is 636.